The summed E-state index contributed by atoms with van der Waals surface area (Å²) >= 11 is 0. The van der Waals surface area contributed by atoms with Gasteiger partial charge < -0.3 is 9.64 Å². The lowest BCUT2D eigenvalue weighted by Crippen LogP contribution is -2.39. The molecule has 0 saturated carbocycles. The Balaban J connectivity index is 1.88. The molecule has 0 unspecified atom stereocenters. The first-order chi connectivity index (χ1) is 12.8. The third kappa shape index (κ3) is 7.02. The number of nitrogens with zero attached hydrogens (tertiary/aromatic N) is 2. The van der Waals surface area contributed by atoms with E-state index in [1.807, 2.05) is 26.8 Å². The molecule has 0 saturated heterocycles. The van der Waals surface area contributed by atoms with Gasteiger partial charge in [-0.15, -0.1) is 6.58 Å². The monoisotopic (exact) mass is 372 g/mol. The Bertz CT molecular complexity index is 634. The highest BCUT2D eigenvalue weighted by Crippen LogP contribution is 2.30. The lowest BCUT2D eigenvalue weighted by Gasteiger charge is -2.32. The number of unbranched alkanes of at least 4 members (excludes halogenated alkanes) is 2. The summed E-state index contributed by atoms with van der Waals surface area (Å²) in [6, 6.07) is 6.56. The first-order valence-corrected chi connectivity index (χ1v) is 10.2. The minimum atomic E-state index is -0.464. The average Bonchev–Trinajstić information content (AvgIpc) is 2.59. The molecule has 0 bridgehead atoms. The molecule has 0 aromatic heterocycles. The van der Waals surface area contributed by atoms with E-state index < -0.39 is 5.60 Å². The van der Waals surface area contributed by atoms with E-state index in [2.05, 4.69) is 36.7 Å². The Labute approximate surface area is 165 Å². The van der Waals surface area contributed by atoms with Gasteiger partial charge in [-0.05, 0) is 83.7 Å². The first kappa shape index (κ1) is 21.5. The molecule has 0 atom stereocenters. The third-order valence-electron chi connectivity index (χ3n) is 4.82. The van der Waals surface area contributed by atoms with E-state index in [0.717, 1.165) is 44.6 Å². The van der Waals surface area contributed by atoms with Crippen LogP contribution < -0.4 is 4.90 Å². The maximum absolute atomic E-state index is 12.5. The minimum Gasteiger partial charge on any atom is -0.443 e. The van der Waals surface area contributed by atoms with E-state index in [1.54, 1.807) is 4.90 Å². The zero-order chi connectivity index (χ0) is 19.9. The van der Waals surface area contributed by atoms with Gasteiger partial charge in [0.2, 0.25) is 0 Å². The summed E-state index contributed by atoms with van der Waals surface area (Å²) < 4.78 is 5.57. The van der Waals surface area contributed by atoms with Crippen LogP contribution in [-0.4, -0.2) is 43.3 Å². The fraction of sp³-hybridized carbons (Fsp3) is 0.609. The Morgan fingerprint density at radius 1 is 1.30 bits per heavy atom. The predicted molar refractivity (Wildman–Crippen MR) is 114 cm³/mol. The lowest BCUT2D eigenvalue weighted by molar-refractivity contribution is 0.0578. The van der Waals surface area contributed by atoms with Gasteiger partial charge in [-0.3, -0.25) is 4.90 Å². The number of hydrogen-bond donors (Lipinski definition) is 0. The molecule has 0 spiro atoms. The summed E-state index contributed by atoms with van der Waals surface area (Å²) in [4.78, 5) is 16.6. The molecule has 1 heterocycles. The predicted octanol–water partition coefficient (Wildman–Crippen LogP) is 5.20. The van der Waals surface area contributed by atoms with E-state index in [-0.39, 0.29) is 6.09 Å². The van der Waals surface area contributed by atoms with E-state index in [1.165, 1.54) is 30.4 Å². The summed E-state index contributed by atoms with van der Waals surface area (Å²) in [6.07, 6.45) is 8.51. The van der Waals surface area contributed by atoms with Gasteiger partial charge in [0.1, 0.15) is 5.60 Å². The van der Waals surface area contributed by atoms with E-state index in [0.29, 0.717) is 0 Å². The summed E-state index contributed by atoms with van der Waals surface area (Å²) in [5, 5.41) is 0. The van der Waals surface area contributed by atoms with Gasteiger partial charge in [-0.25, -0.2) is 4.79 Å². The van der Waals surface area contributed by atoms with Gasteiger partial charge in [0.25, 0.3) is 0 Å². The number of amides is 1. The molecule has 1 aliphatic heterocycles. The number of benzene rings is 1. The second kappa shape index (κ2) is 9.93. The standard InChI is InChI=1S/C23H36N2O2/c1-6-15-24(5)16-9-7-8-11-19-13-14-21-20(18-19)12-10-17-25(21)22(26)27-23(2,3)4/h6,13-14,18H,1,7-12,15-17H2,2-5H3. The summed E-state index contributed by atoms with van der Waals surface area (Å²) in [7, 11) is 2.14. The number of likely N-dealkylation sites (N-methyl/N-ethyl adjacent to an activating group) is 1. The van der Waals surface area contributed by atoms with Crippen molar-refractivity contribution in [2.45, 2.75) is 64.9 Å². The van der Waals surface area contributed by atoms with Crippen LogP contribution in [-0.2, 0) is 17.6 Å². The van der Waals surface area contributed by atoms with Crippen molar-refractivity contribution in [3.05, 3.63) is 42.0 Å². The van der Waals surface area contributed by atoms with Crippen molar-refractivity contribution in [3.8, 4) is 0 Å². The zero-order valence-electron chi connectivity index (χ0n) is 17.6. The number of fused-ring (bicyclic) bond motifs is 1. The largest absolute Gasteiger partial charge is 0.443 e. The molecular formula is C23H36N2O2. The molecule has 0 aliphatic carbocycles. The molecule has 4 nitrogen and oxygen atoms in total. The van der Waals surface area contributed by atoms with Crippen LogP contribution in [0.1, 0.15) is 57.6 Å². The Kier molecular flexibility index (Phi) is 7.91. The van der Waals surface area contributed by atoms with Crippen LogP contribution in [0.5, 0.6) is 0 Å². The number of hydrogen-bond acceptors (Lipinski definition) is 3. The third-order valence-corrected chi connectivity index (χ3v) is 4.82. The molecule has 0 fully saturated rings. The fourth-order valence-corrected chi connectivity index (χ4v) is 3.51. The Morgan fingerprint density at radius 2 is 2.07 bits per heavy atom. The van der Waals surface area contributed by atoms with Gasteiger partial charge >= 0.3 is 6.09 Å². The second-order valence-electron chi connectivity index (χ2n) is 8.56. The van der Waals surface area contributed by atoms with Crippen LogP contribution in [0.25, 0.3) is 0 Å². The number of carbonyl (C=O) groups is 1. The van der Waals surface area contributed by atoms with Crippen molar-refractivity contribution in [1.29, 1.82) is 0 Å². The second-order valence-corrected chi connectivity index (χ2v) is 8.56. The van der Waals surface area contributed by atoms with Crippen LogP contribution in [0.4, 0.5) is 10.5 Å². The number of ether oxygens (including phenoxy) is 1. The summed E-state index contributed by atoms with van der Waals surface area (Å²) in [5.41, 5.74) is 3.20. The van der Waals surface area contributed by atoms with Crippen molar-refractivity contribution in [1.82, 2.24) is 4.90 Å². The van der Waals surface area contributed by atoms with Crippen molar-refractivity contribution in [2.75, 3.05) is 31.6 Å². The molecule has 1 aromatic rings. The van der Waals surface area contributed by atoms with E-state index in [9.17, 15) is 4.79 Å². The SMILES string of the molecule is C=CCN(C)CCCCCc1ccc2c(c1)CCCN2C(=O)OC(C)(C)C. The maximum atomic E-state index is 12.5. The van der Waals surface area contributed by atoms with Crippen LogP contribution in [0.2, 0.25) is 0 Å². The molecule has 1 aromatic carbocycles. The molecule has 4 heteroatoms. The van der Waals surface area contributed by atoms with Crippen molar-refractivity contribution in [2.24, 2.45) is 0 Å². The minimum absolute atomic E-state index is 0.236. The van der Waals surface area contributed by atoms with Crippen LogP contribution in [0.15, 0.2) is 30.9 Å². The van der Waals surface area contributed by atoms with Crippen LogP contribution >= 0.6 is 0 Å². The highest BCUT2D eigenvalue weighted by Gasteiger charge is 2.27. The summed E-state index contributed by atoms with van der Waals surface area (Å²) in [5.74, 6) is 0. The summed E-state index contributed by atoms with van der Waals surface area (Å²) in [6.45, 7) is 12.3. The molecule has 0 radical (unpaired) electrons. The van der Waals surface area contributed by atoms with Crippen molar-refractivity contribution >= 4 is 11.8 Å². The number of rotatable bonds is 8. The number of aryl methyl sites for hydroxylation is 2. The van der Waals surface area contributed by atoms with Gasteiger partial charge in [0.15, 0.2) is 0 Å². The van der Waals surface area contributed by atoms with E-state index in [4.69, 9.17) is 4.74 Å². The topological polar surface area (TPSA) is 32.8 Å². The molecular weight excluding hydrogens is 336 g/mol. The van der Waals surface area contributed by atoms with Crippen LogP contribution in [0.3, 0.4) is 0 Å². The molecule has 150 valence electrons. The van der Waals surface area contributed by atoms with Crippen LogP contribution in [0, 0.1) is 0 Å². The Morgan fingerprint density at radius 3 is 2.78 bits per heavy atom. The van der Waals surface area contributed by atoms with E-state index >= 15 is 0 Å². The lowest BCUT2D eigenvalue weighted by atomic mass is 9.97. The highest BCUT2D eigenvalue weighted by atomic mass is 16.6. The van der Waals surface area contributed by atoms with Gasteiger partial charge in [-0.1, -0.05) is 24.6 Å². The van der Waals surface area contributed by atoms with Gasteiger partial charge in [0.05, 0.1) is 5.69 Å². The maximum Gasteiger partial charge on any atom is 0.414 e. The number of carbonyl (C=O) groups excluding carboxylic acids is 1. The molecule has 27 heavy (non-hydrogen) atoms. The quantitative estimate of drug-likeness (QED) is 0.464. The Hall–Kier alpha value is -1.81. The molecule has 0 N–H and O–H groups in total. The van der Waals surface area contributed by atoms with Gasteiger partial charge in [0, 0.05) is 13.1 Å². The highest BCUT2D eigenvalue weighted by molar-refractivity contribution is 5.89. The number of anilines is 1. The van der Waals surface area contributed by atoms with Gasteiger partial charge in [-0.2, -0.15) is 0 Å². The normalized spacial score (nSPS) is 14.2. The zero-order valence-corrected chi connectivity index (χ0v) is 17.6. The smallest absolute Gasteiger partial charge is 0.414 e. The fourth-order valence-electron chi connectivity index (χ4n) is 3.51. The average molecular weight is 373 g/mol. The molecule has 1 amide bonds. The molecule has 1 aliphatic rings. The van der Waals surface area contributed by atoms with Crippen molar-refractivity contribution < 1.29 is 9.53 Å². The first-order valence-electron chi connectivity index (χ1n) is 10.2. The molecule has 2 rings (SSSR count). The van der Waals surface area contributed by atoms with Crippen molar-refractivity contribution in [3.63, 3.8) is 0 Å².